The largest absolute Gasteiger partial charge is 0.557 e. The molecule has 0 saturated heterocycles. The summed E-state index contributed by atoms with van der Waals surface area (Å²) >= 11 is 0. The van der Waals surface area contributed by atoms with Gasteiger partial charge in [-0.3, -0.25) is 4.68 Å². The standard InChI is InChI=1S/C14H26N2OSi/c1-13(2,3)18(6,7)17-12-11-8-9-15-16(11)10-14(12,4)5/h8-9,12H,10H2,1-7H3/q-1. The Balaban J connectivity index is 2.29. The van der Waals surface area contributed by atoms with Crippen molar-refractivity contribution in [3.63, 3.8) is 0 Å². The third-order valence-electron chi connectivity index (χ3n) is 4.50. The summed E-state index contributed by atoms with van der Waals surface area (Å²) in [6.45, 7) is 17.0. The van der Waals surface area contributed by atoms with Crippen molar-refractivity contribution in [1.29, 1.82) is 0 Å². The van der Waals surface area contributed by atoms with E-state index in [2.05, 4.69) is 63.6 Å². The number of rotatable bonds is 2. The molecule has 0 radical (unpaired) electrons. The van der Waals surface area contributed by atoms with E-state index in [1.807, 2.05) is 6.20 Å². The molecule has 0 spiro atoms. The van der Waals surface area contributed by atoms with Gasteiger partial charge in [-0.05, 0) is 14.4 Å². The summed E-state index contributed by atoms with van der Waals surface area (Å²) in [6, 6.07) is 2.10. The zero-order valence-electron chi connectivity index (χ0n) is 12.7. The van der Waals surface area contributed by atoms with E-state index in [-0.39, 0.29) is 16.6 Å². The van der Waals surface area contributed by atoms with E-state index in [1.54, 1.807) is 0 Å². The first-order chi connectivity index (χ1) is 8.05. The lowest BCUT2D eigenvalue weighted by molar-refractivity contribution is 0.0741. The third kappa shape index (κ3) is 2.16. The van der Waals surface area contributed by atoms with Crippen LogP contribution in [0.4, 0.5) is 0 Å². The van der Waals surface area contributed by atoms with Crippen molar-refractivity contribution >= 4 is 8.32 Å². The fourth-order valence-corrected chi connectivity index (χ4v) is 3.64. The van der Waals surface area contributed by atoms with Crippen molar-refractivity contribution in [3.8, 4) is 0 Å². The molecule has 1 aromatic heterocycles. The zero-order chi connectivity index (χ0) is 13.8. The SMILES string of the molecule is CC1(C)Cn2nccc2C1O[Si-](C)(C)C(C)(C)C. The van der Waals surface area contributed by atoms with Crippen molar-refractivity contribution in [3.05, 3.63) is 18.0 Å². The van der Waals surface area contributed by atoms with Gasteiger partial charge in [-0.15, -0.1) is 18.1 Å². The maximum Gasteiger partial charge on any atom is 0.0658 e. The zero-order valence-corrected chi connectivity index (χ0v) is 13.7. The molecule has 0 fully saturated rings. The highest BCUT2D eigenvalue weighted by Crippen LogP contribution is 2.48. The highest BCUT2D eigenvalue weighted by atomic mass is 28.4. The van der Waals surface area contributed by atoms with Crippen molar-refractivity contribution < 1.29 is 4.43 Å². The smallest absolute Gasteiger partial charge is 0.0658 e. The lowest BCUT2D eigenvalue weighted by Crippen LogP contribution is -2.43. The van der Waals surface area contributed by atoms with Crippen molar-refractivity contribution in [2.45, 2.75) is 65.4 Å². The van der Waals surface area contributed by atoms with E-state index in [1.165, 1.54) is 5.69 Å². The van der Waals surface area contributed by atoms with Gasteiger partial charge >= 0.3 is 0 Å². The van der Waals surface area contributed by atoms with Crippen LogP contribution in [0.5, 0.6) is 0 Å². The summed E-state index contributed by atoms with van der Waals surface area (Å²) < 4.78 is 8.74. The third-order valence-corrected chi connectivity index (χ3v) is 8.94. The molecule has 4 heteroatoms. The first-order valence-corrected chi connectivity index (χ1v) is 9.65. The summed E-state index contributed by atoms with van der Waals surface area (Å²) in [7, 11) is -1.74. The molecule has 0 N–H and O–H groups in total. The van der Waals surface area contributed by atoms with Gasteiger partial charge in [0.15, 0.2) is 0 Å². The Labute approximate surface area is 112 Å². The van der Waals surface area contributed by atoms with Gasteiger partial charge < -0.3 is 4.43 Å². The fourth-order valence-electron chi connectivity index (χ4n) is 2.26. The first kappa shape index (κ1) is 13.8. The normalized spacial score (nSPS) is 23.2. The number of fused-ring (bicyclic) bond motifs is 1. The van der Waals surface area contributed by atoms with Gasteiger partial charge in [0.25, 0.3) is 0 Å². The first-order valence-electron chi connectivity index (χ1n) is 6.74. The molecule has 3 nitrogen and oxygen atoms in total. The van der Waals surface area contributed by atoms with Crippen LogP contribution < -0.4 is 0 Å². The molecule has 0 amide bonds. The van der Waals surface area contributed by atoms with Gasteiger partial charge in [0, 0.05) is 18.2 Å². The second-order valence-electron chi connectivity index (χ2n) is 7.66. The summed E-state index contributed by atoms with van der Waals surface area (Å²) in [5.74, 6) is 0. The molecule has 1 unspecified atom stereocenters. The maximum atomic E-state index is 6.64. The van der Waals surface area contributed by atoms with Crippen LogP contribution in [0.3, 0.4) is 0 Å². The Kier molecular flexibility index (Phi) is 3.02. The Hall–Kier alpha value is -0.613. The minimum atomic E-state index is -1.74. The van der Waals surface area contributed by atoms with E-state index in [0.717, 1.165) is 6.54 Å². The average molecular weight is 266 g/mol. The second-order valence-corrected chi connectivity index (χ2v) is 12.4. The molecule has 0 bridgehead atoms. The molecule has 0 aliphatic carbocycles. The van der Waals surface area contributed by atoms with Gasteiger partial charge in [0.1, 0.15) is 0 Å². The maximum absolute atomic E-state index is 6.64. The van der Waals surface area contributed by atoms with Gasteiger partial charge in [-0.1, -0.05) is 34.6 Å². The number of hydrogen-bond acceptors (Lipinski definition) is 2. The number of aromatic nitrogens is 2. The molecular formula is C14H26N2OSi-. The number of hydrogen-bond donors (Lipinski definition) is 0. The van der Waals surface area contributed by atoms with E-state index >= 15 is 0 Å². The molecule has 1 atom stereocenters. The summed E-state index contributed by atoms with van der Waals surface area (Å²) in [5.41, 5.74) is 1.38. The van der Waals surface area contributed by atoms with E-state index in [9.17, 15) is 0 Å². The Morgan fingerprint density at radius 2 is 2.00 bits per heavy atom. The lowest BCUT2D eigenvalue weighted by Gasteiger charge is -2.52. The molecule has 1 aliphatic heterocycles. The topological polar surface area (TPSA) is 27.1 Å². The van der Waals surface area contributed by atoms with Crippen LogP contribution in [0, 0.1) is 5.41 Å². The van der Waals surface area contributed by atoms with Gasteiger partial charge in [0.05, 0.1) is 11.8 Å². The number of nitrogens with zero attached hydrogens (tertiary/aromatic N) is 2. The molecule has 2 rings (SSSR count). The average Bonchev–Trinajstić information content (AvgIpc) is 2.66. The van der Waals surface area contributed by atoms with Crippen molar-refractivity contribution in [2.75, 3.05) is 0 Å². The predicted octanol–water partition coefficient (Wildman–Crippen LogP) is 3.99. The van der Waals surface area contributed by atoms with Crippen LogP contribution in [-0.2, 0) is 11.0 Å². The van der Waals surface area contributed by atoms with Gasteiger partial charge in [0.2, 0.25) is 0 Å². The fraction of sp³-hybridized carbons (Fsp3) is 0.786. The van der Waals surface area contributed by atoms with Gasteiger partial charge in [-0.2, -0.15) is 5.10 Å². The molecule has 0 saturated carbocycles. The van der Waals surface area contributed by atoms with Crippen molar-refractivity contribution in [1.82, 2.24) is 9.78 Å². The minimum Gasteiger partial charge on any atom is -0.557 e. The molecular weight excluding hydrogens is 240 g/mol. The van der Waals surface area contributed by atoms with Crippen LogP contribution in [0.1, 0.15) is 46.4 Å². The van der Waals surface area contributed by atoms with Crippen LogP contribution in [0.2, 0.25) is 18.1 Å². The predicted molar refractivity (Wildman–Crippen MR) is 77.0 cm³/mol. The van der Waals surface area contributed by atoms with Crippen LogP contribution in [0.15, 0.2) is 12.3 Å². The highest BCUT2D eigenvalue weighted by molar-refractivity contribution is 6.74. The quantitative estimate of drug-likeness (QED) is 0.757. The molecule has 0 aromatic carbocycles. The van der Waals surface area contributed by atoms with Crippen LogP contribution in [0.25, 0.3) is 0 Å². The van der Waals surface area contributed by atoms with E-state index in [4.69, 9.17) is 4.43 Å². The highest BCUT2D eigenvalue weighted by Gasteiger charge is 2.42. The summed E-state index contributed by atoms with van der Waals surface area (Å²) in [6.07, 6.45) is 2.06. The Morgan fingerprint density at radius 1 is 1.39 bits per heavy atom. The molecule has 1 aromatic rings. The van der Waals surface area contributed by atoms with E-state index in [0.29, 0.717) is 0 Å². The van der Waals surface area contributed by atoms with Crippen LogP contribution >= 0.6 is 0 Å². The Bertz CT molecular complexity index is 443. The summed E-state index contributed by atoms with van der Waals surface area (Å²) in [5, 5.41) is 4.63. The van der Waals surface area contributed by atoms with Crippen LogP contribution in [-0.4, -0.2) is 18.1 Å². The van der Waals surface area contributed by atoms with Gasteiger partial charge in [-0.25, -0.2) is 0 Å². The van der Waals surface area contributed by atoms with E-state index < -0.39 is 8.32 Å². The molecule has 103 valence electrons. The minimum absolute atomic E-state index is 0.138. The second kappa shape index (κ2) is 3.94. The Morgan fingerprint density at radius 3 is 2.56 bits per heavy atom. The monoisotopic (exact) mass is 266 g/mol. The summed E-state index contributed by atoms with van der Waals surface area (Å²) in [4.78, 5) is 0. The lowest BCUT2D eigenvalue weighted by atomic mass is 9.88. The molecule has 1 aliphatic rings. The van der Waals surface area contributed by atoms with Crippen molar-refractivity contribution in [2.24, 2.45) is 5.41 Å². The molecule has 2 heterocycles. The molecule has 18 heavy (non-hydrogen) atoms.